The molecule has 0 aromatic heterocycles. The molecule has 2 rings (SSSR count). The highest BCUT2D eigenvalue weighted by molar-refractivity contribution is 14.1. The SMILES string of the molecule is Cc1cc(Br)cc(C(=O)O)c1OCc1ccc(I)cc1. The molecule has 104 valence electrons. The molecule has 2 aromatic rings. The van der Waals surface area contributed by atoms with Crippen LogP contribution in [0.4, 0.5) is 0 Å². The van der Waals surface area contributed by atoms with Gasteiger partial charge in [-0.05, 0) is 64.9 Å². The fraction of sp³-hybridized carbons (Fsp3) is 0.133. The highest BCUT2D eigenvalue weighted by Crippen LogP contribution is 2.29. The van der Waals surface area contributed by atoms with Crippen LogP contribution >= 0.6 is 38.5 Å². The van der Waals surface area contributed by atoms with E-state index in [4.69, 9.17) is 4.74 Å². The number of hydrogen-bond acceptors (Lipinski definition) is 2. The average Bonchev–Trinajstić information content (AvgIpc) is 2.38. The van der Waals surface area contributed by atoms with Crippen LogP contribution in [0.5, 0.6) is 5.75 Å². The lowest BCUT2D eigenvalue weighted by Gasteiger charge is -2.13. The molecule has 0 saturated heterocycles. The maximum Gasteiger partial charge on any atom is 0.339 e. The number of aryl methyl sites for hydroxylation is 1. The molecule has 0 heterocycles. The molecule has 0 aliphatic rings. The summed E-state index contributed by atoms with van der Waals surface area (Å²) < 4.78 is 7.59. The predicted octanol–water partition coefficient (Wildman–Crippen LogP) is 4.64. The van der Waals surface area contributed by atoms with E-state index >= 15 is 0 Å². The van der Waals surface area contributed by atoms with Crippen molar-refractivity contribution in [1.82, 2.24) is 0 Å². The summed E-state index contributed by atoms with van der Waals surface area (Å²) in [6.45, 7) is 2.18. The minimum Gasteiger partial charge on any atom is -0.488 e. The molecule has 0 radical (unpaired) electrons. The molecule has 0 bridgehead atoms. The largest absolute Gasteiger partial charge is 0.488 e. The van der Waals surface area contributed by atoms with Gasteiger partial charge in [0.25, 0.3) is 0 Å². The number of rotatable bonds is 4. The minimum atomic E-state index is -0.994. The molecule has 1 N–H and O–H groups in total. The van der Waals surface area contributed by atoms with Crippen molar-refractivity contribution in [3.8, 4) is 5.75 Å². The molecule has 5 heteroatoms. The standard InChI is InChI=1S/C15H12BrIO3/c1-9-6-11(16)7-13(15(18)19)14(9)20-8-10-2-4-12(17)5-3-10/h2-7H,8H2,1H3,(H,18,19). The van der Waals surface area contributed by atoms with Crippen LogP contribution in [0.2, 0.25) is 0 Å². The first-order valence-corrected chi connectivity index (χ1v) is 7.75. The number of halogens is 2. The third-order valence-electron chi connectivity index (χ3n) is 2.77. The number of ether oxygens (including phenoxy) is 1. The van der Waals surface area contributed by atoms with Crippen molar-refractivity contribution < 1.29 is 14.6 Å². The zero-order valence-corrected chi connectivity index (χ0v) is 14.4. The topological polar surface area (TPSA) is 46.5 Å². The van der Waals surface area contributed by atoms with Crippen LogP contribution in [-0.2, 0) is 6.61 Å². The van der Waals surface area contributed by atoms with Gasteiger partial charge in [0.05, 0.1) is 0 Å². The molecule has 0 atom stereocenters. The summed E-state index contributed by atoms with van der Waals surface area (Å²) in [7, 11) is 0. The molecule has 0 saturated carbocycles. The van der Waals surface area contributed by atoms with Gasteiger partial charge in [0.15, 0.2) is 0 Å². The predicted molar refractivity (Wildman–Crippen MR) is 89.3 cm³/mol. The first-order valence-electron chi connectivity index (χ1n) is 5.88. The molecular formula is C15H12BrIO3. The second-order valence-corrected chi connectivity index (χ2v) is 6.48. The minimum absolute atomic E-state index is 0.169. The van der Waals surface area contributed by atoms with E-state index in [0.29, 0.717) is 12.4 Å². The molecular weight excluding hydrogens is 435 g/mol. The molecule has 0 aliphatic carbocycles. The highest BCUT2D eigenvalue weighted by atomic mass is 127. The summed E-state index contributed by atoms with van der Waals surface area (Å²) in [5, 5.41) is 9.25. The summed E-state index contributed by atoms with van der Waals surface area (Å²) in [6, 6.07) is 11.3. The smallest absolute Gasteiger partial charge is 0.339 e. The van der Waals surface area contributed by atoms with Crippen LogP contribution in [-0.4, -0.2) is 11.1 Å². The summed E-state index contributed by atoms with van der Waals surface area (Å²) in [5.41, 5.74) is 1.97. The van der Waals surface area contributed by atoms with Crippen LogP contribution in [0.15, 0.2) is 40.9 Å². The summed E-state index contributed by atoms with van der Waals surface area (Å²) in [6.07, 6.45) is 0. The lowest BCUT2D eigenvalue weighted by Crippen LogP contribution is -2.05. The van der Waals surface area contributed by atoms with Gasteiger partial charge in [-0.25, -0.2) is 4.79 Å². The molecule has 0 unspecified atom stereocenters. The van der Waals surface area contributed by atoms with E-state index in [1.165, 1.54) is 0 Å². The molecule has 2 aromatic carbocycles. The molecule has 0 spiro atoms. The maximum atomic E-state index is 11.3. The van der Waals surface area contributed by atoms with Crippen LogP contribution in [0.25, 0.3) is 0 Å². The second kappa shape index (κ2) is 6.58. The van der Waals surface area contributed by atoms with Gasteiger partial charge in [-0.2, -0.15) is 0 Å². The van der Waals surface area contributed by atoms with E-state index in [-0.39, 0.29) is 5.56 Å². The van der Waals surface area contributed by atoms with Crippen molar-refractivity contribution in [3.63, 3.8) is 0 Å². The highest BCUT2D eigenvalue weighted by Gasteiger charge is 2.15. The van der Waals surface area contributed by atoms with Crippen molar-refractivity contribution >= 4 is 44.5 Å². The van der Waals surface area contributed by atoms with Crippen LogP contribution in [0.1, 0.15) is 21.5 Å². The maximum absolute atomic E-state index is 11.3. The van der Waals surface area contributed by atoms with E-state index < -0.39 is 5.97 Å². The van der Waals surface area contributed by atoms with Gasteiger partial charge >= 0.3 is 5.97 Å². The Balaban J connectivity index is 2.24. The van der Waals surface area contributed by atoms with Crippen molar-refractivity contribution in [2.45, 2.75) is 13.5 Å². The third kappa shape index (κ3) is 3.73. The van der Waals surface area contributed by atoms with Gasteiger partial charge in [0.2, 0.25) is 0 Å². The van der Waals surface area contributed by atoms with Gasteiger partial charge in [0, 0.05) is 8.04 Å². The van der Waals surface area contributed by atoms with Crippen LogP contribution in [0, 0.1) is 10.5 Å². The Morgan fingerprint density at radius 1 is 1.30 bits per heavy atom. The number of benzene rings is 2. The van der Waals surface area contributed by atoms with Crippen molar-refractivity contribution in [2.75, 3.05) is 0 Å². The average molecular weight is 447 g/mol. The Labute approximate surface area is 139 Å². The van der Waals surface area contributed by atoms with Gasteiger partial charge in [-0.1, -0.05) is 28.1 Å². The zero-order valence-electron chi connectivity index (χ0n) is 10.7. The zero-order chi connectivity index (χ0) is 14.7. The van der Waals surface area contributed by atoms with Gasteiger partial charge < -0.3 is 9.84 Å². The fourth-order valence-electron chi connectivity index (χ4n) is 1.82. The number of hydrogen-bond donors (Lipinski definition) is 1. The summed E-state index contributed by atoms with van der Waals surface area (Å²) >= 11 is 5.54. The van der Waals surface area contributed by atoms with Crippen molar-refractivity contribution in [2.24, 2.45) is 0 Å². The first kappa shape index (κ1) is 15.3. The number of carbonyl (C=O) groups is 1. The third-order valence-corrected chi connectivity index (χ3v) is 3.94. The van der Waals surface area contributed by atoms with Crippen molar-refractivity contribution in [3.05, 3.63) is 61.1 Å². The van der Waals surface area contributed by atoms with Crippen LogP contribution in [0.3, 0.4) is 0 Å². The second-order valence-electron chi connectivity index (χ2n) is 4.32. The Kier molecular flexibility index (Phi) is 5.04. The fourth-order valence-corrected chi connectivity index (χ4v) is 2.75. The number of carboxylic acid groups (broad SMARTS) is 1. The van der Waals surface area contributed by atoms with Gasteiger partial charge in [-0.15, -0.1) is 0 Å². The molecule has 3 nitrogen and oxygen atoms in total. The van der Waals surface area contributed by atoms with E-state index in [1.807, 2.05) is 37.3 Å². The Morgan fingerprint density at radius 3 is 2.55 bits per heavy atom. The molecule has 20 heavy (non-hydrogen) atoms. The van der Waals surface area contributed by atoms with E-state index in [9.17, 15) is 9.90 Å². The lowest BCUT2D eigenvalue weighted by molar-refractivity contribution is 0.0691. The number of carboxylic acids is 1. The summed E-state index contributed by atoms with van der Waals surface area (Å²) in [4.78, 5) is 11.3. The summed E-state index contributed by atoms with van der Waals surface area (Å²) in [5.74, 6) is -0.578. The van der Waals surface area contributed by atoms with Crippen LogP contribution < -0.4 is 4.74 Å². The lowest BCUT2D eigenvalue weighted by atomic mass is 10.1. The number of aromatic carboxylic acids is 1. The molecule has 0 aliphatic heterocycles. The van der Waals surface area contributed by atoms with E-state index in [1.54, 1.807) is 6.07 Å². The first-order chi connectivity index (χ1) is 9.47. The quantitative estimate of drug-likeness (QED) is 0.696. The van der Waals surface area contributed by atoms with E-state index in [2.05, 4.69) is 38.5 Å². The normalized spacial score (nSPS) is 10.3. The molecule has 0 amide bonds. The van der Waals surface area contributed by atoms with Gasteiger partial charge in [-0.3, -0.25) is 0 Å². The Hall–Kier alpha value is -1.08. The van der Waals surface area contributed by atoms with Crippen molar-refractivity contribution in [1.29, 1.82) is 0 Å². The Morgan fingerprint density at radius 2 is 1.95 bits per heavy atom. The Bertz CT molecular complexity index is 638. The monoisotopic (exact) mass is 446 g/mol. The van der Waals surface area contributed by atoms with E-state index in [0.717, 1.165) is 19.2 Å². The molecule has 0 fully saturated rings. The van der Waals surface area contributed by atoms with Gasteiger partial charge in [0.1, 0.15) is 17.9 Å².